The van der Waals surface area contributed by atoms with Gasteiger partial charge in [-0.15, -0.1) is 12.3 Å². The molecule has 11 nitrogen and oxygen atoms in total. The van der Waals surface area contributed by atoms with Crippen LogP contribution in [0.1, 0.15) is 141 Å². The monoisotopic (exact) mass is 764 g/mol. The lowest BCUT2D eigenvalue weighted by molar-refractivity contribution is -0.173. The van der Waals surface area contributed by atoms with Crippen LogP contribution < -0.4 is 0 Å². The molecule has 0 aromatic carbocycles. The predicted molar refractivity (Wildman–Crippen MR) is 218 cm³/mol. The van der Waals surface area contributed by atoms with Crippen LogP contribution in [0, 0.1) is 36.0 Å². The van der Waals surface area contributed by atoms with Crippen molar-refractivity contribution in [3.05, 3.63) is 0 Å². The van der Waals surface area contributed by atoms with Crippen molar-refractivity contribution in [1.82, 2.24) is 4.90 Å². The molecule has 1 aliphatic rings. The standard InChI is InChI=1S/C15H30O4.C11H19NO2.C8H14O3.C5H12.C2H6.CH4O/c1-7-9-10(3)13(16)11(4)14(17)15(5,18)12(8-2)19-6;1-4-5-6-12(3)10-7-9(2)14-11(13)8-10;1-6(4-9)8(10)7(2)5-11-3;1-3-5-4-2;2*1-2/h10-12,14,17-18H,7-9H2,1-6H3;1,9-11,13H,5-8H2,2-3H3;4,6-7H,5H2,1-3H3;3-5H2,1-2H3;1-2H3;2H,1H3/t10-,11?,12-,14?,15-;;6?,7-;;;/m1.1.../s1. The van der Waals surface area contributed by atoms with Crippen molar-refractivity contribution in [1.29, 1.82) is 0 Å². The number of ether oxygens (including phenoxy) is 3. The first-order valence-corrected chi connectivity index (χ1v) is 19.8. The van der Waals surface area contributed by atoms with Crippen molar-refractivity contribution in [3.8, 4) is 12.3 Å². The van der Waals surface area contributed by atoms with Gasteiger partial charge >= 0.3 is 0 Å². The Morgan fingerprint density at radius 2 is 1.53 bits per heavy atom. The number of aliphatic hydroxyl groups excluding tert-OH is 3. The summed E-state index contributed by atoms with van der Waals surface area (Å²) in [5, 5.41) is 37.2. The van der Waals surface area contributed by atoms with E-state index in [1.54, 1.807) is 20.8 Å². The maximum absolute atomic E-state index is 12.2. The Morgan fingerprint density at radius 1 is 1.00 bits per heavy atom. The van der Waals surface area contributed by atoms with Gasteiger partial charge in [0, 0.05) is 64.5 Å². The lowest BCUT2D eigenvalue weighted by atomic mass is 9.79. The third-order valence-electron chi connectivity index (χ3n) is 9.00. The molecule has 1 aliphatic heterocycles. The number of methoxy groups -OCH3 is 2. The fourth-order valence-electron chi connectivity index (χ4n) is 5.77. The van der Waals surface area contributed by atoms with Gasteiger partial charge in [0.05, 0.1) is 30.8 Å². The molecule has 11 heteroatoms. The molecule has 0 spiro atoms. The summed E-state index contributed by atoms with van der Waals surface area (Å²) in [4.78, 5) is 35.8. The minimum atomic E-state index is -1.43. The van der Waals surface area contributed by atoms with E-state index >= 15 is 0 Å². The van der Waals surface area contributed by atoms with Crippen LogP contribution in [0.25, 0.3) is 0 Å². The number of hydrogen-bond acceptors (Lipinski definition) is 11. The molecule has 1 rings (SSSR count). The number of terminal acetylenes is 1. The zero-order chi connectivity index (χ0) is 42.7. The zero-order valence-electron chi connectivity index (χ0n) is 36.8. The number of nitrogens with zero attached hydrogens (tertiary/aromatic N) is 1. The van der Waals surface area contributed by atoms with Crippen molar-refractivity contribution in [2.24, 2.45) is 23.7 Å². The second-order valence-electron chi connectivity index (χ2n) is 13.7. The fourth-order valence-corrected chi connectivity index (χ4v) is 5.77. The van der Waals surface area contributed by atoms with Gasteiger partial charge in [-0.2, -0.15) is 0 Å². The molecular formula is C42H85NO10. The molecule has 0 amide bonds. The molecule has 0 aromatic rings. The number of ketones is 2. The Morgan fingerprint density at radius 3 is 1.89 bits per heavy atom. The third kappa shape index (κ3) is 28.3. The average molecular weight is 764 g/mol. The Kier molecular flexibility index (Phi) is 44.0. The summed E-state index contributed by atoms with van der Waals surface area (Å²) in [5.41, 5.74) is -1.43. The Balaban J connectivity index is -0.000000200. The van der Waals surface area contributed by atoms with Crippen LogP contribution in [0.4, 0.5) is 0 Å². The summed E-state index contributed by atoms with van der Waals surface area (Å²) >= 11 is 0. The van der Waals surface area contributed by atoms with Gasteiger partial charge in [0.2, 0.25) is 0 Å². The molecule has 6 unspecified atom stereocenters. The van der Waals surface area contributed by atoms with Gasteiger partial charge in [-0.3, -0.25) is 9.59 Å². The number of aldehydes is 1. The molecule has 0 saturated carbocycles. The normalized spacial score (nSPS) is 20.6. The molecule has 1 fully saturated rings. The smallest absolute Gasteiger partial charge is 0.156 e. The number of aliphatic hydroxyl groups is 4. The van der Waals surface area contributed by atoms with E-state index in [9.17, 15) is 29.7 Å². The maximum Gasteiger partial charge on any atom is 0.156 e. The van der Waals surface area contributed by atoms with E-state index in [0.29, 0.717) is 31.8 Å². The highest BCUT2D eigenvalue weighted by molar-refractivity contribution is 5.94. The quantitative estimate of drug-likeness (QED) is 0.0646. The molecule has 0 bridgehead atoms. The van der Waals surface area contributed by atoms with Gasteiger partial charge in [0.15, 0.2) is 6.29 Å². The van der Waals surface area contributed by atoms with Crippen LogP contribution in [-0.4, -0.2) is 121 Å². The van der Waals surface area contributed by atoms with Crippen molar-refractivity contribution in [3.63, 3.8) is 0 Å². The van der Waals surface area contributed by atoms with Crippen molar-refractivity contribution in [2.75, 3.05) is 41.5 Å². The van der Waals surface area contributed by atoms with E-state index in [4.69, 9.17) is 25.7 Å². The largest absolute Gasteiger partial charge is 0.400 e. The summed E-state index contributed by atoms with van der Waals surface area (Å²) in [6, 6.07) is 0.391. The molecule has 4 N–H and O–H groups in total. The third-order valence-corrected chi connectivity index (χ3v) is 9.00. The predicted octanol–water partition coefficient (Wildman–Crippen LogP) is 6.50. The van der Waals surface area contributed by atoms with Crippen LogP contribution in [0.2, 0.25) is 0 Å². The van der Waals surface area contributed by atoms with E-state index in [2.05, 4.69) is 24.7 Å². The van der Waals surface area contributed by atoms with Gasteiger partial charge in [0.1, 0.15) is 23.5 Å². The second kappa shape index (κ2) is 38.5. The number of carbonyl (C=O) groups excluding carboxylic acids is 3. The van der Waals surface area contributed by atoms with E-state index in [1.807, 2.05) is 48.6 Å². The van der Waals surface area contributed by atoms with Crippen LogP contribution in [-0.2, 0) is 28.6 Å². The van der Waals surface area contributed by atoms with Crippen LogP contribution >= 0.6 is 0 Å². The zero-order valence-corrected chi connectivity index (χ0v) is 36.8. The molecular weight excluding hydrogens is 678 g/mol. The molecule has 1 heterocycles. The SMILES string of the molecule is C#CCCN(C)C1CC(C)OC(O)C1.CC.CCCCC.CCC[C@@H](C)C(=O)C(C)C(O)[C@](C)(O)[C@@H](CC)OC.CO.COC[C@@H](C)C(=O)C(C)C=O. The van der Waals surface area contributed by atoms with Crippen LogP contribution in [0.15, 0.2) is 0 Å². The Labute approximate surface area is 325 Å². The summed E-state index contributed by atoms with van der Waals surface area (Å²) < 4.78 is 15.2. The van der Waals surface area contributed by atoms with Crippen molar-refractivity contribution in [2.45, 2.75) is 177 Å². The van der Waals surface area contributed by atoms with Gasteiger partial charge in [-0.1, -0.05) is 88.0 Å². The van der Waals surface area contributed by atoms with Crippen molar-refractivity contribution < 1.29 is 49.0 Å². The van der Waals surface area contributed by atoms with E-state index in [1.165, 1.54) is 40.4 Å². The van der Waals surface area contributed by atoms with E-state index in [-0.39, 0.29) is 29.5 Å². The minimum absolute atomic E-state index is 0.000538. The van der Waals surface area contributed by atoms with Gasteiger partial charge < -0.3 is 44.3 Å². The average Bonchev–Trinajstić information content (AvgIpc) is 3.15. The summed E-state index contributed by atoms with van der Waals surface area (Å²) in [6.07, 6.45) is 12.6. The summed E-state index contributed by atoms with van der Waals surface area (Å²) in [7, 11) is 6.09. The first kappa shape index (κ1) is 60.5. The molecule has 0 aromatic heterocycles. The summed E-state index contributed by atoms with van der Waals surface area (Å²) in [6.45, 7) is 24.0. The first-order chi connectivity index (χ1) is 24.9. The topological polar surface area (TPSA) is 163 Å². The van der Waals surface area contributed by atoms with Crippen LogP contribution in [0.3, 0.4) is 0 Å². The molecule has 10 atom stereocenters. The maximum atomic E-state index is 12.2. The highest BCUT2D eigenvalue weighted by Crippen LogP contribution is 2.28. The minimum Gasteiger partial charge on any atom is -0.400 e. The Bertz CT molecular complexity index is 878. The summed E-state index contributed by atoms with van der Waals surface area (Å²) in [5.74, 6) is 1.20. The van der Waals surface area contributed by atoms with Crippen molar-refractivity contribution >= 4 is 17.9 Å². The number of carbonyl (C=O) groups is 3. The fraction of sp³-hybridized carbons (Fsp3) is 0.881. The van der Waals surface area contributed by atoms with Gasteiger partial charge in [-0.25, -0.2) is 0 Å². The number of Topliss-reactive ketones (excluding diaryl/α,β-unsaturated/α-hetero) is 2. The Hall–Kier alpha value is -1.75. The molecule has 0 aliphatic carbocycles. The molecule has 0 radical (unpaired) electrons. The van der Waals surface area contributed by atoms with E-state index in [0.717, 1.165) is 39.3 Å². The molecule has 318 valence electrons. The van der Waals surface area contributed by atoms with E-state index < -0.39 is 35.9 Å². The number of rotatable bonds is 19. The van der Waals surface area contributed by atoms with Gasteiger partial charge in [-0.05, 0) is 47.1 Å². The first-order valence-electron chi connectivity index (χ1n) is 19.8. The lowest BCUT2D eigenvalue weighted by Gasteiger charge is -2.38. The van der Waals surface area contributed by atoms with Crippen LogP contribution in [0.5, 0.6) is 0 Å². The number of unbranched alkanes of at least 4 members (excludes halogenated alkanes) is 2. The number of hydrogen-bond donors (Lipinski definition) is 4. The molecule has 53 heavy (non-hydrogen) atoms. The molecule has 1 saturated heterocycles. The second-order valence-corrected chi connectivity index (χ2v) is 13.7. The highest BCUT2D eigenvalue weighted by Gasteiger charge is 2.43. The lowest BCUT2D eigenvalue weighted by Crippen LogP contribution is -2.54. The van der Waals surface area contributed by atoms with Gasteiger partial charge in [0.25, 0.3) is 0 Å². The highest BCUT2D eigenvalue weighted by atomic mass is 16.6.